The van der Waals surface area contributed by atoms with Gasteiger partial charge in [0.2, 0.25) is 5.95 Å². The fourth-order valence-electron chi connectivity index (χ4n) is 4.65. The summed E-state index contributed by atoms with van der Waals surface area (Å²) in [6.07, 6.45) is 5.32. The minimum atomic E-state index is -0.951. The quantitative estimate of drug-likeness (QED) is 0.442. The maximum absolute atomic E-state index is 14.5. The molecule has 0 saturated carbocycles. The molecule has 5 heterocycles. The van der Waals surface area contributed by atoms with Gasteiger partial charge in [0.05, 0.1) is 19.4 Å². The number of aromatic nitrogens is 3. The first-order valence-corrected chi connectivity index (χ1v) is 11.0. The summed E-state index contributed by atoms with van der Waals surface area (Å²) in [5.41, 5.74) is 9.11. The van der Waals surface area contributed by atoms with Gasteiger partial charge in [-0.25, -0.2) is 15.0 Å². The summed E-state index contributed by atoms with van der Waals surface area (Å²) in [6.45, 7) is 0.340. The van der Waals surface area contributed by atoms with Crippen molar-refractivity contribution in [2.24, 2.45) is 10.7 Å². The molecule has 1 aromatic carbocycles. The Bertz CT molecular complexity index is 1480. The Hall–Kier alpha value is -4.53. The smallest absolute Gasteiger partial charge is 0.283 e. The highest BCUT2D eigenvalue weighted by Crippen LogP contribution is 2.55. The van der Waals surface area contributed by atoms with Gasteiger partial charge in [0.25, 0.3) is 11.9 Å². The van der Waals surface area contributed by atoms with E-state index >= 15 is 0 Å². The molecule has 35 heavy (non-hydrogen) atoms. The van der Waals surface area contributed by atoms with Crippen molar-refractivity contribution in [3.05, 3.63) is 84.2 Å². The number of ether oxygens (including phenoxy) is 3. The van der Waals surface area contributed by atoms with Crippen LogP contribution in [0.1, 0.15) is 17.5 Å². The van der Waals surface area contributed by atoms with Crippen molar-refractivity contribution in [1.82, 2.24) is 15.0 Å². The number of rotatable bonds is 3. The average Bonchev–Trinajstić information content (AvgIpc) is 2.89. The van der Waals surface area contributed by atoms with Crippen molar-refractivity contribution >= 4 is 6.02 Å². The molecule has 0 unspecified atom stereocenters. The topological polar surface area (TPSA) is 105 Å². The van der Waals surface area contributed by atoms with Crippen LogP contribution >= 0.6 is 0 Å². The molecule has 1 spiro atoms. The van der Waals surface area contributed by atoms with Gasteiger partial charge in [-0.15, -0.1) is 0 Å². The van der Waals surface area contributed by atoms with Gasteiger partial charge in [-0.3, -0.25) is 4.98 Å². The van der Waals surface area contributed by atoms with Crippen molar-refractivity contribution < 1.29 is 18.6 Å². The number of hydrogen-bond acceptors (Lipinski definition) is 8. The van der Waals surface area contributed by atoms with E-state index < -0.39 is 11.5 Å². The van der Waals surface area contributed by atoms with E-state index in [0.717, 1.165) is 16.7 Å². The van der Waals surface area contributed by atoms with E-state index in [1.165, 1.54) is 13.3 Å². The number of hydrogen-bond donors (Lipinski definition) is 1. The lowest BCUT2D eigenvalue weighted by atomic mass is 9.77. The number of halogens is 1. The Kier molecular flexibility index (Phi) is 4.84. The molecule has 3 aromatic heterocycles. The maximum Gasteiger partial charge on any atom is 0.283 e. The van der Waals surface area contributed by atoms with Crippen LogP contribution in [0, 0.1) is 5.95 Å². The number of benzene rings is 1. The molecular weight excluding hydrogens is 449 g/mol. The number of nitrogens with zero attached hydrogens (tertiary/aromatic N) is 4. The van der Waals surface area contributed by atoms with Crippen LogP contribution in [0.15, 0.2) is 72.1 Å². The van der Waals surface area contributed by atoms with E-state index in [0.29, 0.717) is 47.2 Å². The average molecular weight is 469 g/mol. The molecule has 4 aromatic rings. The molecule has 2 aliphatic heterocycles. The maximum atomic E-state index is 14.5. The Morgan fingerprint density at radius 2 is 1.94 bits per heavy atom. The van der Waals surface area contributed by atoms with E-state index in [2.05, 4.69) is 15.0 Å². The highest BCUT2D eigenvalue weighted by atomic mass is 19.1. The van der Waals surface area contributed by atoms with E-state index in [1.54, 1.807) is 36.7 Å². The molecule has 9 heteroatoms. The molecule has 0 bridgehead atoms. The highest BCUT2D eigenvalue weighted by Gasteiger charge is 2.46. The second-order valence-corrected chi connectivity index (χ2v) is 8.20. The molecule has 0 radical (unpaired) electrons. The Morgan fingerprint density at radius 1 is 1.06 bits per heavy atom. The normalized spacial score (nSPS) is 18.1. The van der Waals surface area contributed by atoms with Crippen LogP contribution in [0.3, 0.4) is 0 Å². The highest BCUT2D eigenvalue weighted by molar-refractivity contribution is 5.77. The lowest BCUT2D eigenvalue weighted by Crippen LogP contribution is -2.38. The number of pyridine rings is 3. The molecule has 2 N–H and O–H groups in total. The minimum Gasteiger partial charge on any atom is -0.478 e. The number of methoxy groups -OCH3 is 1. The van der Waals surface area contributed by atoms with Gasteiger partial charge >= 0.3 is 0 Å². The molecule has 2 aliphatic rings. The van der Waals surface area contributed by atoms with Crippen LogP contribution in [0.2, 0.25) is 0 Å². The first kappa shape index (κ1) is 21.0. The van der Waals surface area contributed by atoms with Crippen LogP contribution < -0.4 is 15.2 Å². The fourth-order valence-corrected chi connectivity index (χ4v) is 4.65. The van der Waals surface area contributed by atoms with Crippen LogP contribution in [0.4, 0.5) is 4.39 Å². The lowest BCUT2D eigenvalue weighted by molar-refractivity contribution is 0.217. The molecule has 6 rings (SSSR count). The number of aliphatic imine (C=N–C) groups is 1. The molecule has 0 fully saturated rings. The minimum absolute atomic E-state index is 0.0618. The van der Waals surface area contributed by atoms with E-state index in [4.69, 9.17) is 24.9 Å². The zero-order valence-corrected chi connectivity index (χ0v) is 18.7. The Labute approximate surface area is 200 Å². The fraction of sp³-hybridized carbons (Fsp3) is 0.154. The second kappa shape index (κ2) is 8.05. The van der Waals surface area contributed by atoms with E-state index in [1.807, 2.05) is 24.3 Å². The van der Waals surface area contributed by atoms with Gasteiger partial charge in [0, 0.05) is 47.3 Å². The lowest BCUT2D eigenvalue weighted by Gasteiger charge is -2.39. The third-order valence-corrected chi connectivity index (χ3v) is 6.26. The van der Waals surface area contributed by atoms with Gasteiger partial charge < -0.3 is 19.9 Å². The molecule has 0 amide bonds. The molecule has 1 atom stereocenters. The largest absolute Gasteiger partial charge is 0.478 e. The molecule has 8 nitrogen and oxygen atoms in total. The van der Waals surface area contributed by atoms with Gasteiger partial charge in [0.15, 0.2) is 5.75 Å². The zero-order chi connectivity index (χ0) is 24.0. The second-order valence-electron chi connectivity index (χ2n) is 8.20. The van der Waals surface area contributed by atoms with Crippen LogP contribution in [0.25, 0.3) is 22.4 Å². The van der Waals surface area contributed by atoms with Crippen molar-refractivity contribution in [3.8, 4) is 39.8 Å². The van der Waals surface area contributed by atoms with Crippen LogP contribution in [-0.4, -0.2) is 34.7 Å². The van der Waals surface area contributed by atoms with Crippen LogP contribution in [-0.2, 0) is 10.3 Å². The molecule has 0 saturated heterocycles. The summed E-state index contributed by atoms with van der Waals surface area (Å²) in [5, 5.41) is 0. The van der Waals surface area contributed by atoms with Crippen LogP contribution in [0.5, 0.6) is 17.4 Å². The Balaban J connectivity index is 1.62. The zero-order valence-electron chi connectivity index (χ0n) is 18.7. The third-order valence-electron chi connectivity index (χ3n) is 6.26. The van der Waals surface area contributed by atoms with E-state index in [-0.39, 0.29) is 6.02 Å². The Morgan fingerprint density at radius 3 is 2.71 bits per heavy atom. The molecular formula is C26H20FN5O3. The summed E-state index contributed by atoms with van der Waals surface area (Å²) in [7, 11) is 1.54. The number of fused-ring (bicyclic) bond motifs is 4. The molecule has 174 valence electrons. The van der Waals surface area contributed by atoms with Gasteiger partial charge in [-0.1, -0.05) is 6.07 Å². The van der Waals surface area contributed by atoms with E-state index in [9.17, 15) is 4.39 Å². The summed E-state index contributed by atoms with van der Waals surface area (Å²) < 4.78 is 32.0. The monoisotopic (exact) mass is 469 g/mol. The molecule has 0 aliphatic carbocycles. The van der Waals surface area contributed by atoms with Gasteiger partial charge in [-0.2, -0.15) is 4.39 Å². The van der Waals surface area contributed by atoms with Crippen molar-refractivity contribution in [2.75, 3.05) is 13.7 Å². The number of nitrogens with two attached hydrogens (primary N) is 1. The summed E-state index contributed by atoms with van der Waals surface area (Å²) in [5.74, 6) is 0.761. The number of amidine groups is 1. The van der Waals surface area contributed by atoms with Crippen molar-refractivity contribution in [3.63, 3.8) is 0 Å². The summed E-state index contributed by atoms with van der Waals surface area (Å²) in [6, 6.07) is 14.6. The van der Waals surface area contributed by atoms with Gasteiger partial charge in [-0.05, 0) is 48.0 Å². The standard InChI is InChI=1S/C26H20FN5O3/c1-33-24-22-19(13-20(31-24)16-4-2-9-29-14-16)26(8-11-34-25(28)32-26)18-12-15(6-7-21(18)35-22)17-5-3-10-30-23(17)27/h2-7,9-10,12-14H,8,11H2,1H3,(H2,28,32)/t26-/m1/s1. The predicted octanol–water partition coefficient (Wildman–Crippen LogP) is 4.44. The summed E-state index contributed by atoms with van der Waals surface area (Å²) >= 11 is 0. The first-order valence-electron chi connectivity index (χ1n) is 11.0. The summed E-state index contributed by atoms with van der Waals surface area (Å²) in [4.78, 5) is 17.5. The van der Waals surface area contributed by atoms with Gasteiger partial charge in [0.1, 0.15) is 11.3 Å². The predicted molar refractivity (Wildman–Crippen MR) is 127 cm³/mol. The van der Waals surface area contributed by atoms with Crippen molar-refractivity contribution in [1.29, 1.82) is 0 Å². The third kappa shape index (κ3) is 3.35. The SMILES string of the molecule is COc1nc(-c2cccnc2)cc2c1Oc1ccc(-c3cccnc3F)cc1[C@]21CCOC(N)=N1. The first-order chi connectivity index (χ1) is 17.1. The van der Waals surface area contributed by atoms with Crippen molar-refractivity contribution in [2.45, 2.75) is 12.0 Å².